The summed E-state index contributed by atoms with van der Waals surface area (Å²) in [6.07, 6.45) is 0.844. The molecule has 0 fully saturated rings. The smallest absolute Gasteiger partial charge is 0.410 e. The number of hydrogen-bond acceptors (Lipinski definition) is 3. The Hall–Kier alpha value is -1.03. The van der Waals surface area contributed by atoms with E-state index in [1.807, 2.05) is 41.5 Å². The average Bonchev–Trinajstić information content (AvgIpc) is 2.24. The largest absolute Gasteiger partial charge is 0.444 e. The van der Waals surface area contributed by atoms with Crippen molar-refractivity contribution in [3.8, 4) is 0 Å². The quantitative estimate of drug-likeness (QED) is 0.693. The van der Waals surface area contributed by atoms with Crippen molar-refractivity contribution in [3.05, 3.63) is 10.6 Å². The molecular formula is C15H24ClNO3. The predicted octanol–water partition coefficient (Wildman–Crippen LogP) is 3.73. The van der Waals surface area contributed by atoms with Crippen LogP contribution in [0.2, 0.25) is 0 Å². The Morgan fingerprint density at radius 3 is 2.25 bits per heavy atom. The molecule has 0 aliphatic carbocycles. The summed E-state index contributed by atoms with van der Waals surface area (Å²) in [5, 5.41) is 0.541. The number of carbonyl (C=O) groups excluding carboxylic acids is 2. The Morgan fingerprint density at radius 1 is 1.30 bits per heavy atom. The van der Waals surface area contributed by atoms with E-state index in [0.29, 0.717) is 23.6 Å². The summed E-state index contributed by atoms with van der Waals surface area (Å²) >= 11 is 6.16. The van der Waals surface area contributed by atoms with E-state index in [1.165, 1.54) is 0 Å². The number of halogens is 1. The summed E-state index contributed by atoms with van der Waals surface area (Å²) in [6, 6.07) is -0.365. The van der Waals surface area contributed by atoms with Gasteiger partial charge in [-0.3, -0.25) is 4.79 Å². The van der Waals surface area contributed by atoms with Crippen LogP contribution in [-0.4, -0.2) is 35.5 Å². The summed E-state index contributed by atoms with van der Waals surface area (Å²) in [6.45, 7) is 11.9. The first-order valence-corrected chi connectivity index (χ1v) is 7.18. The minimum absolute atomic E-state index is 0.298. The molecule has 0 N–H and O–H groups in total. The van der Waals surface area contributed by atoms with Crippen LogP contribution in [0.3, 0.4) is 0 Å². The fourth-order valence-corrected chi connectivity index (χ4v) is 2.62. The summed E-state index contributed by atoms with van der Waals surface area (Å²) in [7, 11) is 0. The fraction of sp³-hybridized carbons (Fsp3) is 0.733. The van der Waals surface area contributed by atoms with E-state index < -0.39 is 11.7 Å². The third-order valence-corrected chi connectivity index (χ3v) is 3.47. The minimum atomic E-state index is -0.564. The maximum Gasteiger partial charge on any atom is 0.410 e. The van der Waals surface area contributed by atoms with E-state index >= 15 is 0 Å². The van der Waals surface area contributed by atoms with Crippen molar-refractivity contribution < 1.29 is 14.3 Å². The van der Waals surface area contributed by atoms with Gasteiger partial charge in [-0.2, -0.15) is 0 Å². The normalized spacial score (nSPS) is 20.9. The molecule has 1 unspecified atom stereocenters. The average molecular weight is 302 g/mol. The number of nitrogens with zero attached hydrogens (tertiary/aromatic N) is 1. The van der Waals surface area contributed by atoms with Gasteiger partial charge in [0, 0.05) is 23.6 Å². The minimum Gasteiger partial charge on any atom is -0.444 e. The number of carbonyl (C=O) groups is 2. The second-order valence-corrected chi connectivity index (χ2v) is 7.63. The molecular weight excluding hydrogens is 278 g/mol. The van der Waals surface area contributed by atoms with Crippen molar-refractivity contribution >= 4 is 24.0 Å². The summed E-state index contributed by atoms with van der Waals surface area (Å²) < 4.78 is 5.44. The Balaban J connectivity index is 3.14. The molecule has 0 radical (unpaired) electrons. The number of rotatable bonds is 1. The molecule has 0 aromatic carbocycles. The van der Waals surface area contributed by atoms with Crippen LogP contribution < -0.4 is 0 Å². The lowest BCUT2D eigenvalue weighted by Gasteiger charge is -2.43. The van der Waals surface area contributed by atoms with Gasteiger partial charge in [0.1, 0.15) is 11.9 Å². The van der Waals surface area contributed by atoms with E-state index in [2.05, 4.69) is 0 Å². The van der Waals surface area contributed by atoms with E-state index in [0.717, 1.165) is 6.29 Å². The topological polar surface area (TPSA) is 46.6 Å². The third kappa shape index (κ3) is 3.98. The number of aldehydes is 1. The van der Waals surface area contributed by atoms with Crippen LogP contribution in [-0.2, 0) is 9.53 Å². The number of hydrogen-bond donors (Lipinski definition) is 0. The Morgan fingerprint density at radius 2 is 1.85 bits per heavy atom. The molecule has 114 valence electrons. The summed E-state index contributed by atoms with van der Waals surface area (Å²) in [5.41, 5.74) is -0.379. The summed E-state index contributed by atoms with van der Waals surface area (Å²) in [4.78, 5) is 25.3. The first kappa shape index (κ1) is 17.0. The van der Waals surface area contributed by atoms with Crippen LogP contribution in [0.5, 0.6) is 0 Å². The molecule has 1 aliphatic heterocycles. The second kappa shape index (κ2) is 5.76. The van der Waals surface area contributed by atoms with Gasteiger partial charge < -0.3 is 9.64 Å². The number of ether oxygens (including phenoxy) is 1. The van der Waals surface area contributed by atoms with Crippen molar-refractivity contribution in [1.82, 2.24) is 4.90 Å². The van der Waals surface area contributed by atoms with Gasteiger partial charge in [-0.25, -0.2) is 4.79 Å². The number of amides is 1. The maximum absolute atomic E-state index is 12.4. The molecule has 0 bridgehead atoms. The Kier molecular flexibility index (Phi) is 4.90. The lowest BCUT2D eigenvalue weighted by Crippen LogP contribution is -2.52. The second-order valence-electron chi connectivity index (χ2n) is 7.17. The molecule has 0 aromatic heterocycles. The SMILES string of the molecule is CC(C)(C)OC(=O)N1CCC(Cl)=C(C=O)C1C(C)(C)C. The van der Waals surface area contributed by atoms with Gasteiger partial charge in [-0.05, 0) is 26.2 Å². The van der Waals surface area contributed by atoms with Crippen LogP contribution in [0.25, 0.3) is 0 Å². The van der Waals surface area contributed by atoms with Crippen molar-refractivity contribution in [2.45, 2.75) is 59.6 Å². The maximum atomic E-state index is 12.4. The molecule has 1 atom stereocenters. The van der Waals surface area contributed by atoms with Gasteiger partial charge in [-0.1, -0.05) is 32.4 Å². The van der Waals surface area contributed by atoms with Crippen molar-refractivity contribution in [1.29, 1.82) is 0 Å². The van der Waals surface area contributed by atoms with E-state index in [1.54, 1.807) is 4.90 Å². The standard InChI is InChI=1S/C15H24ClNO3/c1-14(2,3)12-10(9-18)11(16)7-8-17(12)13(19)20-15(4,5)6/h9,12H,7-8H2,1-6H3. The molecule has 1 aliphatic rings. The molecule has 1 amide bonds. The first-order chi connectivity index (χ1) is 8.97. The van der Waals surface area contributed by atoms with Crippen LogP contribution in [0, 0.1) is 5.41 Å². The van der Waals surface area contributed by atoms with E-state index in [4.69, 9.17) is 16.3 Å². The summed E-state index contributed by atoms with van der Waals surface area (Å²) in [5.74, 6) is 0. The molecule has 0 aromatic rings. The zero-order valence-electron chi connectivity index (χ0n) is 13.1. The molecule has 4 nitrogen and oxygen atoms in total. The highest BCUT2D eigenvalue weighted by Crippen LogP contribution is 2.36. The first-order valence-electron chi connectivity index (χ1n) is 6.80. The molecule has 0 saturated heterocycles. The van der Waals surface area contributed by atoms with Gasteiger partial charge in [-0.15, -0.1) is 0 Å². The van der Waals surface area contributed by atoms with Gasteiger partial charge in [0.15, 0.2) is 0 Å². The van der Waals surface area contributed by atoms with E-state index in [9.17, 15) is 9.59 Å². The van der Waals surface area contributed by atoms with Crippen molar-refractivity contribution in [2.24, 2.45) is 5.41 Å². The monoisotopic (exact) mass is 301 g/mol. The van der Waals surface area contributed by atoms with Gasteiger partial charge in [0.2, 0.25) is 0 Å². The Bertz CT molecular complexity index is 429. The van der Waals surface area contributed by atoms with Crippen LogP contribution in [0.4, 0.5) is 4.79 Å². The highest BCUT2D eigenvalue weighted by atomic mass is 35.5. The van der Waals surface area contributed by atoms with Crippen LogP contribution >= 0.6 is 11.6 Å². The van der Waals surface area contributed by atoms with Crippen molar-refractivity contribution in [3.63, 3.8) is 0 Å². The predicted molar refractivity (Wildman–Crippen MR) is 79.7 cm³/mol. The third-order valence-electron chi connectivity index (χ3n) is 3.07. The van der Waals surface area contributed by atoms with Gasteiger partial charge in [0.25, 0.3) is 0 Å². The molecule has 0 spiro atoms. The molecule has 1 heterocycles. The highest BCUT2D eigenvalue weighted by molar-refractivity contribution is 6.31. The highest BCUT2D eigenvalue weighted by Gasteiger charge is 2.41. The zero-order valence-corrected chi connectivity index (χ0v) is 13.9. The fourth-order valence-electron chi connectivity index (χ4n) is 2.39. The van der Waals surface area contributed by atoms with Gasteiger partial charge >= 0.3 is 6.09 Å². The van der Waals surface area contributed by atoms with Crippen LogP contribution in [0.1, 0.15) is 48.0 Å². The lowest BCUT2D eigenvalue weighted by molar-refractivity contribution is -0.106. The zero-order chi connectivity index (χ0) is 15.7. The Labute approximate surface area is 126 Å². The van der Waals surface area contributed by atoms with Gasteiger partial charge in [0.05, 0.1) is 6.04 Å². The molecule has 1 rings (SSSR count). The van der Waals surface area contributed by atoms with Crippen LogP contribution in [0.15, 0.2) is 10.6 Å². The van der Waals surface area contributed by atoms with E-state index in [-0.39, 0.29) is 11.5 Å². The molecule has 20 heavy (non-hydrogen) atoms. The molecule has 0 saturated carbocycles. The lowest BCUT2D eigenvalue weighted by atomic mass is 9.79. The van der Waals surface area contributed by atoms with Crippen molar-refractivity contribution in [2.75, 3.05) is 6.54 Å². The molecule has 5 heteroatoms.